The normalized spacial score (nSPS) is 11.2. The molecule has 0 rings (SSSR count). The highest BCUT2D eigenvalue weighted by molar-refractivity contribution is 5.76. The maximum absolute atomic E-state index is 12.0. The van der Waals surface area contributed by atoms with Crippen LogP contribution in [-0.4, -0.2) is 36.5 Å². The first-order valence-corrected chi connectivity index (χ1v) is 7.06. The van der Waals surface area contributed by atoms with E-state index >= 15 is 0 Å². The maximum atomic E-state index is 12.0. The highest BCUT2D eigenvalue weighted by Crippen LogP contribution is 2.10. The third kappa shape index (κ3) is 7.37. The molecule has 0 aliphatic heterocycles. The standard InChI is InChI=1S/C14H30N2O/c1-6-13(7-2)11-16(8-3)14(17)9-10-15-12(4)5/h12-13,15H,6-11H2,1-5H3. The number of nitrogens with zero attached hydrogens (tertiary/aromatic N) is 1. The summed E-state index contributed by atoms with van der Waals surface area (Å²) in [7, 11) is 0. The second-order valence-electron chi connectivity index (χ2n) is 4.97. The zero-order valence-electron chi connectivity index (χ0n) is 12.3. The van der Waals surface area contributed by atoms with Gasteiger partial charge in [0.05, 0.1) is 0 Å². The smallest absolute Gasteiger partial charge is 0.223 e. The fourth-order valence-electron chi connectivity index (χ4n) is 1.89. The quantitative estimate of drug-likeness (QED) is 0.674. The third-order valence-corrected chi connectivity index (χ3v) is 3.26. The number of rotatable bonds is 9. The molecule has 3 heteroatoms. The molecule has 0 aromatic rings. The molecule has 0 aromatic heterocycles. The molecule has 0 spiro atoms. The van der Waals surface area contributed by atoms with E-state index in [0.717, 1.165) is 32.5 Å². The van der Waals surface area contributed by atoms with Crippen molar-refractivity contribution in [2.24, 2.45) is 5.92 Å². The molecule has 0 unspecified atom stereocenters. The lowest BCUT2D eigenvalue weighted by Crippen LogP contribution is -2.37. The molecule has 1 N–H and O–H groups in total. The number of nitrogens with one attached hydrogen (secondary N) is 1. The molecule has 3 nitrogen and oxygen atoms in total. The third-order valence-electron chi connectivity index (χ3n) is 3.26. The van der Waals surface area contributed by atoms with Crippen LogP contribution in [0.5, 0.6) is 0 Å². The van der Waals surface area contributed by atoms with Crippen LogP contribution in [-0.2, 0) is 4.79 Å². The van der Waals surface area contributed by atoms with Gasteiger partial charge in [-0.05, 0) is 12.8 Å². The summed E-state index contributed by atoms with van der Waals surface area (Å²) in [5, 5.41) is 3.29. The predicted molar refractivity (Wildman–Crippen MR) is 74.1 cm³/mol. The summed E-state index contributed by atoms with van der Waals surface area (Å²) < 4.78 is 0. The van der Waals surface area contributed by atoms with E-state index in [-0.39, 0.29) is 5.91 Å². The lowest BCUT2D eigenvalue weighted by molar-refractivity contribution is -0.131. The SMILES string of the molecule is CCC(CC)CN(CC)C(=O)CCNC(C)C. The van der Waals surface area contributed by atoms with E-state index in [4.69, 9.17) is 0 Å². The summed E-state index contributed by atoms with van der Waals surface area (Å²) in [6.07, 6.45) is 2.93. The molecule has 0 aliphatic rings. The minimum atomic E-state index is 0.285. The molecule has 1 amide bonds. The zero-order valence-corrected chi connectivity index (χ0v) is 12.3. The maximum Gasteiger partial charge on any atom is 0.223 e. The molecular weight excluding hydrogens is 212 g/mol. The van der Waals surface area contributed by atoms with Gasteiger partial charge in [0.2, 0.25) is 5.91 Å². The molecule has 102 valence electrons. The molecular formula is C14H30N2O. The van der Waals surface area contributed by atoms with Crippen LogP contribution in [0.3, 0.4) is 0 Å². The number of hydrogen-bond acceptors (Lipinski definition) is 2. The summed E-state index contributed by atoms with van der Waals surface area (Å²) in [5.41, 5.74) is 0. The Morgan fingerprint density at radius 2 is 1.76 bits per heavy atom. The van der Waals surface area contributed by atoms with E-state index in [1.807, 2.05) is 4.90 Å². The Kier molecular flexibility index (Phi) is 9.14. The molecule has 0 bridgehead atoms. The van der Waals surface area contributed by atoms with Crippen molar-refractivity contribution in [3.05, 3.63) is 0 Å². The van der Waals surface area contributed by atoms with Gasteiger partial charge in [-0.25, -0.2) is 0 Å². The fourth-order valence-corrected chi connectivity index (χ4v) is 1.89. The Morgan fingerprint density at radius 3 is 2.18 bits per heavy atom. The van der Waals surface area contributed by atoms with Crippen molar-refractivity contribution in [1.82, 2.24) is 10.2 Å². The van der Waals surface area contributed by atoms with Crippen molar-refractivity contribution in [1.29, 1.82) is 0 Å². The van der Waals surface area contributed by atoms with Gasteiger partial charge in [0.15, 0.2) is 0 Å². The van der Waals surface area contributed by atoms with E-state index < -0.39 is 0 Å². The van der Waals surface area contributed by atoms with Gasteiger partial charge in [-0.1, -0.05) is 40.5 Å². The van der Waals surface area contributed by atoms with Crippen molar-refractivity contribution >= 4 is 5.91 Å². The number of carbonyl (C=O) groups excluding carboxylic acids is 1. The van der Waals surface area contributed by atoms with Crippen molar-refractivity contribution in [2.75, 3.05) is 19.6 Å². The molecule has 0 aromatic carbocycles. The largest absolute Gasteiger partial charge is 0.343 e. The number of hydrogen-bond donors (Lipinski definition) is 1. The van der Waals surface area contributed by atoms with E-state index in [9.17, 15) is 4.79 Å². The van der Waals surface area contributed by atoms with Gasteiger partial charge in [0.25, 0.3) is 0 Å². The van der Waals surface area contributed by atoms with E-state index in [1.165, 1.54) is 0 Å². The Bertz CT molecular complexity index is 200. The van der Waals surface area contributed by atoms with Gasteiger partial charge in [-0.2, -0.15) is 0 Å². The van der Waals surface area contributed by atoms with Gasteiger partial charge in [0.1, 0.15) is 0 Å². The summed E-state index contributed by atoms with van der Waals surface area (Å²) in [4.78, 5) is 14.0. The first kappa shape index (κ1) is 16.4. The Hall–Kier alpha value is -0.570. The van der Waals surface area contributed by atoms with Crippen LogP contribution in [0.2, 0.25) is 0 Å². The molecule has 0 heterocycles. The fraction of sp³-hybridized carbons (Fsp3) is 0.929. The van der Waals surface area contributed by atoms with E-state index in [2.05, 4.69) is 39.9 Å². The van der Waals surface area contributed by atoms with Crippen LogP contribution >= 0.6 is 0 Å². The Morgan fingerprint density at radius 1 is 1.18 bits per heavy atom. The van der Waals surface area contributed by atoms with Crippen LogP contribution in [0.4, 0.5) is 0 Å². The van der Waals surface area contributed by atoms with E-state index in [0.29, 0.717) is 18.4 Å². The molecule has 0 atom stereocenters. The summed E-state index contributed by atoms with van der Waals surface area (Å²) in [6.45, 7) is 13.2. The zero-order chi connectivity index (χ0) is 13.3. The van der Waals surface area contributed by atoms with Crippen molar-refractivity contribution < 1.29 is 4.79 Å². The second kappa shape index (κ2) is 9.46. The Labute approximate surface area is 107 Å². The van der Waals surface area contributed by atoms with Gasteiger partial charge in [0, 0.05) is 32.1 Å². The van der Waals surface area contributed by atoms with E-state index in [1.54, 1.807) is 0 Å². The molecule has 17 heavy (non-hydrogen) atoms. The monoisotopic (exact) mass is 242 g/mol. The van der Waals surface area contributed by atoms with Crippen LogP contribution in [0.1, 0.15) is 53.9 Å². The topological polar surface area (TPSA) is 32.3 Å². The lowest BCUT2D eigenvalue weighted by Gasteiger charge is -2.25. The lowest BCUT2D eigenvalue weighted by atomic mass is 10.0. The molecule has 0 saturated heterocycles. The predicted octanol–water partition coefficient (Wildman–Crippen LogP) is 2.66. The first-order chi connectivity index (χ1) is 8.04. The van der Waals surface area contributed by atoms with Crippen LogP contribution < -0.4 is 5.32 Å². The van der Waals surface area contributed by atoms with Crippen molar-refractivity contribution in [3.8, 4) is 0 Å². The van der Waals surface area contributed by atoms with Gasteiger partial charge in [-0.15, -0.1) is 0 Å². The highest BCUT2D eigenvalue weighted by atomic mass is 16.2. The minimum Gasteiger partial charge on any atom is -0.343 e. The molecule has 0 aliphatic carbocycles. The average molecular weight is 242 g/mol. The second-order valence-corrected chi connectivity index (χ2v) is 4.97. The first-order valence-electron chi connectivity index (χ1n) is 7.06. The van der Waals surface area contributed by atoms with Gasteiger partial charge in [-0.3, -0.25) is 4.79 Å². The van der Waals surface area contributed by atoms with Crippen molar-refractivity contribution in [2.45, 2.75) is 59.9 Å². The van der Waals surface area contributed by atoms with Crippen LogP contribution in [0.25, 0.3) is 0 Å². The molecule has 0 saturated carbocycles. The Balaban J connectivity index is 4.03. The average Bonchev–Trinajstić information content (AvgIpc) is 2.30. The summed E-state index contributed by atoms with van der Waals surface area (Å²) >= 11 is 0. The summed E-state index contributed by atoms with van der Waals surface area (Å²) in [5.74, 6) is 0.935. The van der Waals surface area contributed by atoms with Crippen LogP contribution in [0, 0.1) is 5.92 Å². The summed E-state index contributed by atoms with van der Waals surface area (Å²) in [6, 6.07) is 0.455. The van der Waals surface area contributed by atoms with Crippen LogP contribution in [0.15, 0.2) is 0 Å². The van der Waals surface area contributed by atoms with Crippen molar-refractivity contribution in [3.63, 3.8) is 0 Å². The van der Waals surface area contributed by atoms with Gasteiger partial charge >= 0.3 is 0 Å². The molecule has 0 radical (unpaired) electrons. The number of amides is 1. The number of carbonyl (C=O) groups is 1. The minimum absolute atomic E-state index is 0.285. The molecule has 0 fully saturated rings. The van der Waals surface area contributed by atoms with Gasteiger partial charge < -0.3 is 10.2 Å². The highest BCUT2D eigenvalue weighted by Gasteiger charge is 2.15.